The van der Waals surface area contributed by atoms with Crippen molar-refractivity contribution in [2.24, 2.45) is 5.73 Å². The molecule has 2 nitrogen and oxygen atoms in total. The zero-order valence-electron chi connectivity index (χ0n) is 5.79. The van der Waals surface area contributed by atoms with Crippen LogP contribution in [0.1, 0.15) is 6.92 Å². The minimum atomic E-state index is -0.333. The zero-order valence-corrected chi connectivity index (χ0v) is 5.79. The molecule has 2 rings (SSSR count). The summed E-state index contributed by atoms with van der Waals surface area (Å²) in [6, 6.07) is 8.48. The topological polar surface area (TPSA) is 43.1 Å². The SMILES string of the molecule is CC(N)=O.c1cc2cc-2c1. The minimum absolute atomic E-state index is 0.333. The van der Waals surface area contributed by atoms with Crippen LogP contribution in [0.3, 0.4) is 0 Å². The minimum Gasteiger partial charge on any atom is -0.370 e. The molecule has 0 heterocycles. The first-order chi connectivity index (χ1) is 4.70. The van der Waals surface area contributed by atoms with Crippen LogP contribution in [0, 0.1) is 0 Å². The van der Waals surface area contributed by atoms with Crippen LogP contribution in [0.25, 0.3) is 11.1 Å². The fraction of sp³-hybridized carbons (Fsp3) is 0.125. The summed E-state index contributed by atoms with van der Waals surface area (Å²) in [4.78, 5) is 9.22. The molecule has 0 aromatic heterocycles. The Morgan fingerprint density at radius 1 is 1.40 bits per heavy atom. The largest absolute Gasteiger partial charge is 0.370 e. The molecule has 0 saturated carbocycles. The molecule has 1 amide bonds. The van der Waals surface area contributed by atoms with Crippen molar-refractivity contribution in [1.29, 1.82) is 0 Å². The molecule has 0 aromatic rings. The number of benzene rings is 1. The molecule has 0 spiro atoms. The Balaban J connectivity index is 0.000000112. The van der Waals surface area contributed by atoms with Gasteiger partial charge in [-0.1, -0.05) is 18.2 Å². The van der Waals surface area contributed by atoms with E-state index in [1.165, 1.54) is 18.1 Å². The Hall–Kier alpha value is -1.31. The molecule has 0 unspecified atom stereocenters. The van der Waals surface area contributed by atoms with Crippen molar-refractivity contribution in [3.63, 3.8) is 0 Å². The van der Waals surface area contributed by atoms with E-state index in [-0.39, 0.29) is 5.91 Å². The molecule has 0 saturated heterocycles. The van der Waals surface area contributed by atoms with Crippen molar-refractivity contribution < 1.29 is 4.79 Å². The highest BCUT2D eigenvalue weighted by atomic mass is 16.1. The van der Waals surface area contributed by atoms with Gasteiger partial charge in [-0.2, -0.15) is 0 Å². The Labute approximate surface area is 59.7 Å². The standard InChI is InChI=1S/C6H4.C2H5NO/c1-2-5-4-6(5)3-1;1-2(3)4/h1-4H;1H3,(H2,3,4). The molecule has 52 valence electrons. The third-order valence-electron chi connectivity index (χ3n) is 1.11. The highest BCUT2D eigenvalue weighted by molar-refractivity contribution is 5.80. The maximum atomic E-state index is 9.22. The van der Waals surface area contributed by atoms with Gasteiger partial charge in [-0.25, -0.2) is 0 Å². The number of primary amides is 1. The summed E-state index contributed by atoms with van der Waals surface area (Å²) >= 11 is 0. The van der Waals surface area contributed by atoms with E-state index in [4.69, 9.17) is 0 Å². The summed E-state index contributed by atoms with van der Waals surface area (Å²) in [5.74, 6) is -0.333. The number of fused-ring (bicyclic) bond motifs is 1. The number of carbonyl (C=O) groups excluding carboxylic acids is 1. The quantitative estimate of drug-likeness (QED) is 0.578. The van der Waals surface area contributed by atoms with Crippen molar-refractivity contribution in [2.75, 3.05) is 0 Å². The molecule has 0 bridgehead atoms. The summed E-state index contributed by atoms with van der Waals surface area (Å²) in [6.07, 6.45) is 0. The molecule has 2 heteroatoms. The van der Waals surface area contributed by atoms with Crippen LogP contribution in [0.4, 0.5) is 0 Å². The van der Waals surface area contributed by atoms with E-state index in [0.29, 0.717) is 0 Å². The molecule has 0 fully saturated rings. The second-order valence-corrected chi connectivity index (χ2v) is 2.19. The van der Waals surface area contributed by atoms with Gasteiger partial charge in [0.1, 0.15) is 0 Å². The van der Waals surface area contributed by atoms with Crippen LogP contribution in [0.2, 0.25) is 0 Å². The highest BCUT2D eigenvalue weighted by Gasteiger charge is 2.06. The number of rotatable bonds is 0. The first-order valence-electron chi connectivity index (χ1n) is 3.06. The molecule has 0 aliphatic heterocycles. The van der Waals surface area contributed by atoms with Crippen molar-refractivity contribution >= 4 is 5.91 Å². The van der Waals surface area contributed by atoms with Crippen molar-refractivity contribution in [2.45, 2.75) is 6.92 Å². The van der Waals surface area contributed by atoms with Crippen molar-refractivity contribution in [3.05, 3.63) is 24.3 Å². The molecule has 2 aliphatic rings. The maximum Gasteiger partial charge on any atom is 0.214 e. The number of nitrogens with two attached hydrogens (primary N) is 1. The molecule has 0 atom stereocenters. The summed E-state index contributed by atoms with van der Waals surface area (Å²) < 4.78 is 0. The van der Waals surface area contributed by atoms with E-state index in [2.05, 4.69) is 30.0 Å². The predicted molar refractivity (Wildman–Crippen MR) is 40.3 cm³/mol. The van der Waals surface area contributed by atoms with E-state index in [0.717, 1.165) is 0 Å². The van der Waals surface area contributed by atoms with Gasteiger partial charge in [-0.3, -0.25) is 4.79 Å². The van der Waals surface area contributed by atoms with Gasteiger partial charge < -0.3 is 5.73 Å². The number of hydrogen-bond donors (Lipinski definition) is 1. The summed E-state index contributed by atoms with van der Waals surface area (Å²) in [5.41, 5.74) is 7.32. The monoisotopic (exact) mass is 135 g/mol. The third kappa shape index (κ3) is 1.90. The number of carbonyl (C=O) groups is 1. The summed E-state index contributed by atoms with van der Waals surface area (Å²) in [5, 5.41) is 0. The average Bonchev–Trinajstić information content (AvgIpc) is 2.40. The van der Waals surface area contributed by atoms with E-state index < -0.39 is 0 Å². The fourth-order valence-electron chi connectivity index (χ4n) is 0.676. The fourth-order valence-corrected chi connectivity index (χ4v) is 0.676. The molecular weight excluding hydrogens is 126 g/mol. The van der Waals surface area contributed by atoms with Crippen LogP contribution in [-0.2, 0) is 4.79 Å². The van der Waals surface area contributed by atoms with Crippen molar-refractivity contribution in [1.82, 2.24) is 0 Å². The first-order valence-corrected chi connectivity index (χ1v) is 3.06. The lowest BCUT2D eigenvalue weighted by Gasteiger charge is -1.60. The zero-order chi connectivity index (χ0) is 7.56. The van der Waals surface area contributed by atoms with Gasteiger partial charge in [0.25, 0.3) is 0 Å². The maximum absolute atomic E-state index is 9.22. The van der Waals surface area contributed by atoms with Gasteiger partial charge in [-0.05, 0) is 17.2 Å². The van der Waals surface area contributed by atoms with E-state index in [9.17, 15) is 4.79 Å². The van der Waals surface area contributed by atoms with Crippen LogP contribution < -0.4 is 5.73 Å². The summed E-state index contributed by atoms with van der Waals surface area (Å²) in [7, 11) is 0. The molecular formula is C8H9NO. The lowest BCUT2D eigenvalue weighted by Crippen LogP contribution is -2.01. The van der Waals surface area contributed by atoms with Gasteiger partial charge in [-0.15, -0.1) is 0 Å². The van der Waals surface area contributed by atoms with Gasteiger partial charge in [0.15, 0.2) is 0 Å². The van der Waals surface area contributed by atoms with Gasteiger partial charge >= 0.3 is 0 Å². The van der Waals surface area contributed by atoms with Crippen LogP contribution >= 0.6 is 0 Å². The number of amides is 1. The van der Waals surface area contributed by atoms with E-state index >= 15 is 0 Å². The Morgan fingerprint density at radius 3 is 1.90 bits per heavy atom. The normalized spacial score (nSPS) is 9.30. The lowest BCUT2D eigenvalue weighted by atomic mass is 10.6. The van der Waals surface area contributed by atoms with Gasteiger partial charge in [0, 0.05) is 6.92 Å². The first kappa shape index (κ1) is 6.81. The van der Waals surface area contributed by atoms with Crippen LogP contribution in [0.15, 0.2) is 24.3 Å². The Bertz CT molecular complexity index is 234. The lowest BCUT2D eigenvalue weighted by molar-refractivity contribution is -0.115. The van der Waals surface area contributed by atoms with E-state index in [1.54, 1.807) is 0 Å². The second-order valence-electron chi connectivity index (χ2n) is 2.19. The predicted octanol–water partition coefficient (Wildman–Crippen LogP) is 1.16. The highest BCUT2D eigenvalue weighted by Crippen LogP contribution is 2.32. The molecule has 2 aliphatic carbocycles. The molecule has 0 aromatic carbocycles. The average molecular weight is 135 g/mol. The van der Waals surface area contributed by atoms with Crippen LogP contribution in [0.5, 0.6) is 0 Å². The smallest absolute Gasteiger partial charge is 0.214 e. The van der Waals surface area contributed by atoms with E-state index in [1.807, 2.05) is 0 Å². The molecule has 10 heavy (non-hydrogen) atoms. The second kappa shape index (κ2) is 2.52. The third-order valence-corrected chi connectivity index (χ3v) is 1.11. The van der Waals surface area contributed by atoms with Crippen molar-refractivity contribution in [3.8, 4) is 11.1 Å². The Kier molecular flexibility index (Phi) is 1.71. The summed E-state index contributed by atoms with van der Waals surface area (Å²) in [6.45, 7) is 1.31. The number of hydrogen-bond acceptors (Lipinski definition) is 1. The van der Waals surface area contributed by atoms with Gasteiger partial charge in [0.05, 0.1) is 0 Å². The molecule has 2 N–H and O–H groups in total. The van der Waals surface area contributed by atoms with Gasteiger partial charge in [0.2, 0.25) is 5.91 Å². The van der Waals surface area contributed by atoms with Crippen LogP contribution in [-0.4, -0.2) is 5.91 Å². The molecule has 0 radical (unpaired) electrons. The Morgan fingerprint density at radius 2 is 1.80 bits per heavy atom.